The van der Waals surface area contributed by atoms with Gasteiger partial charge >= 0.3 is 12.1 Å². The van der Waals surface area contributed by atoms with E-state index in [1.54, 1.807) is 20.8 Å². The van der Waals surface area contributed by atoms with Crippen LogP contribution in [-0.4, -0.2) is 71.6 Å². The van der Waals surface area contributed by atoms with Gasteiger partial charge in [0, 0.05) is 0 Å². The Kier molecular flexibility index (Phi) is 14.3. The highest BCUT2D eigenvalue weighted by Crippen LogP contribution is 2.46. The minimum Gasteiger partial charge on any atom is -0.459 e. The maximum absolute atomic E-state index is 14.7. The summed E-state index contributed by atoms with van der Waals surface area (Å²) in [5.41, 5.74) is 2.52. The number of carbonyl (C=O) groups is 4. The van der Waals surface area contributed by atoms with E-state index in [2.05, 4.69) is 57.7 Å². The molecule has 1 aromatic carbocycles. The highest BCUT2D eigenvalue weighted by atomic mass is 28.3. The predicted octanol–water partition coefficient (Wildman–Crippen LogP) is 7.47. The summed E-state index contributed by atoms with van der Waals surface area (Å²) in [6.07, 6.45) is -1.50. The second-order valence-electron chi connectivity index (χ2n) is 16.6. The second-order valence-corrected chi connectivity index (χ2v) is 21.7. The predicted molar refractivity (Wildman–Crippen MR) is 191 cm³/mol. The molecule has 48 heavy (non-hydrogen) atoms. The zero-order valence-corrected chi connectivity index (χ0v) is 33.0. The van der Waals surface area contributed by atoms with Crippen LogP contribution in [0.4, 0.5) is 4.79 Å². The van der Waals surface area contributed by atoms with Gasteiger partial charge in [-0.3, -0.25) is 9.59 Å². The first kappa shape index (κ1) is 41.2. The molecule has 0 saturated carbocycles. The van der Waals surface area contributed by atoms with Crippen LogP contribution < -0.4 is 5.43 Å². The number of hydrazine groups is 1. The Bertz CT molecular complexity index is 1240. The molecule has 0 radical (unpaired) electrons. The molecule has 0 aliphatic carbocycles. The molecular formula is C37H63N3O7Si. The molecule has 10 nitrogen and oxygen atoms in total. The SMILES string of the molecule is CC[C@H](C)[C@H]1[C@H](O[C@H](CC(C)C)C(=O)N(NC(=O)OC(C)(C)C)[C@@H](CC(C)C)C(=O)OCc2ccccc2)C(=O)N1[Si](C)(C)C(C)(C)C. The Labute approximate surface area is 290 Å². The van der Waals surface area contributed by atoms with Crippen molar-refractivity contribution in [3.8, 4) is 0 Å². The molecule has 1 aliphatic rings. The Morgan fingerprint density at radius 2 is 1.50 bits per heavy atom. The summed E-state index contributed by atoms with van der Waals surface area (Å²) in [6, 6.07) is 7.90. The quantitative estimate of drug-likeness (QED) is 0.0933. The van der Waals surface area contributed by atoms with Crippen LogP contribution in [0.1, 0.15) is 108 Å². The van der Waals surface area contributed by atoms with Crippen molar-refractivity contribution in [2.24, 2.45) is 17.8 Å². The normalized spacial score (nSPS) is 19.0. The van der Waals surface area contributed by atoms with Crippen LogP contribution in [0.3, 0.4) is 0 Å². The first-order valence-corrected chi connectivity index (χ1v) is 20.5. The average molecular weight is 690 g/mol. The topological polar surface area (TPSA) is 114 Å². The molecule has 1 aliphatic heterocycles. The largest absolute Gasteiger partial charge is 0.459 e. The Balaban J connectivity index is 2.55. The number of hydrogen-bond donors (Lipinski definition) is 1. The van der Waals surface area contributed by atoms with Crippen molar-refractivity contribution in [2.45, 2.75) is 157 Å². The third-order valence-electron chi connectivity index (χ3n) is 9.38. The van der Waals surface area contributed by atoms with Crippen LogP contribution in [0.15, 0.2) is 30.3 Å². The van der Waals surface area contributed by atoms with Gasteiger partial charge in [0.05, 0.1) is 6.04 Å². The molecule has 1 N–H and O–H groups in total. The molecule has 0 aromatic heterocycles. The molecule has 0 unspecified atom stereocenters. The number of hydrogen-bond acceptors (Lipinski definition) is 7. The number of benzene rings is 1. The summed E-state index contributed by atoms with van der Waals surface area (Å²) < 4.78 is 19.9. The maximum atomic E-state index is 14.7. The summed E-state index contributed by atoms with van der Waals surface area (Å²) >= 11 is 0. The van der Waals surface area contributed by atoms with Crippen molar-refractivity contribution in [1.29, 1.82) is 0 Å². The molecule has 1 heterocycles. The van der Waals surface area contributed by atoms with E-state index < -0.39 is 50.1 Å². The van der Waals surface area contributed by atoms with Gasteiger partial charge in [0.15, 0.2) is 20.4 Å². The van der Waals surface area contributed by atoms with E-state index in [4.69, 9.17) is 14.2 Å². The van der Waals surface area contributed by atoms with Gasteiger partial charge in [-0.05, 0) is 62.0 Å². The van der Waals surface area contributed by atoms with Crippen LogP contribution in [-0.2, 0) is 35.2 Å². The van der Waals surface area contributed by atoms with Crippen molar-refractivity contribution in [3.63, 3.8) is 0 Å². The molecule has 1 fully saturated rings. The van der Waals surface area contributed by atoms with Crippen molar-refractivity contribution in [3.05, 3.63) is 35.9 Å². The average Bonchev–Trinajstić information content (AvgIpc) is 2.96. The van der Waals surface area contributed by atoms with Gasteiger partial charge in [0.2, 0.25) is 5.91 Å². The fourth-order valence-electron chi connectivity index (χ4n) is 5.67. The molecule has 5 atom stereocenters. The van der Waals surface area contributed by atoms with Crippen LogP contribution >= 0.6 is 0 Å². The van der Waals surface area contributed by atoms with E-state index in [1.165, 1.54) is 0 Å². The first-order chi connectivity index (χ1) is 22.0. The lowest BCUT2D eigenvalue weighted by Gasteiger charge is -2.60. The summed E-state index contributed by atoms with van der Waals surface area (Å²) in [4.78, 5) is 55.6. The molecule has 1 aromatic rings. The lowest BCUT2D eigenvalue weighted by Crippen LogP contribution is -2.77. The van der Waals surface area contributed by atoms with E-state index in [-0.39, 0.29) is 54.2 Å². The Hall–Kier alpha value is -2.92. The van der Waals surface area contributed by atoms with Gasteiger partial charge < -0.3 is 18.8 Å². The minimum atomic E-state index is -2.26. The van der Waals surface area contributed by atoms with E-state index >= 15 is 0 Å². The van der Waals surface area contributed by atoms with E-state index in [9.17, 15) is 19.2 Å². The highest BCUT2D eigenvalue weighted by molar-refractivity contribution is 6.80. The van der Waals surface area contributed by atoms with Gasteiger partial charge in [0.1, 0.15) is 18.3 Å². The number of ether oxygens (including phenoxy) is 3. The zero-order chi connectivity index (χ0) is 36.8. The van der Waals surface area contributed by atoms with Gasteiger partial charge in [0.25, 0.3) is 5.91 Å². The molecule has 3 amide bonds. The number of amides is 3. The van der Waals surface area contributed by atoms with Gasteiger partial charge in [-0.1, -0.05) is 112 Å². The highest BCUT2D eigenvalue weighted by Gasteiger charge is 2.60. The molecule has 0 spiro atoms. The Morgan fingerprint density at radius 3 is 1.98 bits per heavy atom. The summed E-state index contributed by atoms with van der Waals surface area (Å²) in [5.74, 6) is -1.31. The molecule has 272 valence electrons. The third-order valence-corrected chi connectivity index (χ3v) is 14.8. The van der Waals surface area contributed by atoms with Gasteiger partial charge in [-0.2, -0.15) is 0 Å². The smallest absolute Gasteiger partial charge is 0.426 e. The van der Waals surface area contributed by atoms with E-state index in [0.29, 0.717) is 0 Å². The number of rotatable bonds is 14. The lowest BCUT2D eigenvalue weighted by molar-refractivity contribution is -0.186. The summed E-state index contributed by atoms with van der Waals surface area (Å²) in [6.45, 7) is 28.1. The van der Waals surface area contributed by atoms with Crippen LogP contribution in [0.2, 0.25) is 18.1 Å². The number of esters is 1. The minimum absolute atomic E-state index is 0.00429. The lowest BCUT2D eigenvalue weighted by atomic mass is 9.87. The van der Waals surface area contributed by atoms with Gasteiger partial charge in [-0.25, -0.2) is 20.0 Å². The van der Waals surface area contributed by atoms with Crippen molar-refractivity contribution in [2.75, 3.05) is 0 Å². The standard InChI is InChI=1S/C37H63N3O7Si/c1-15-26(6)30-31(33(42)40(30)48(13,14)37(10,11)12)46-29(22-25(4)5)32(41)39(38-35(44)47-36(7,8)9)28(21-24(2)3)34(43)45-23-27-19-17-16-18-20-27/h16-20,24-26,28-31H,15,21-23H2,1-14H3,(H,38,44)/t26-,28-,29+,30-,31-/m0/s1. The monoisotopic (exact) mass is 689 g/mol. The molecule has 0 bridgehead atoms. The second kappa shape index (κ2) is 16.7. The summed E-state index contributed by atoms with van der Waals surface area (Å²) in [7, 11) is -2.26. The molecule has 1 saturated heterocycles. The fourth-order valence-corrected chi connectivity index (χ4v) is 8.20. The van der Waals surface area contributed by atoms with Gasteiger partial charge in [-0.15, -0.1) is 0 Å². The van der Waals surface area contributed by atoms with Crippen LogP contribution in [0.5, 0.6) is 0 Å². The molecule has 11 heteroatoms. The first-order valence-electron chi connectivity index (χ1n) is 17.5. The molecule has 2 rings (SSSR count). The Morgan fingerprint density at radius 1 is 0.938 bits per heavy atom. The maximum Gasteiger partial charge on any atom is 0.426 e. The van der Waals surface area contributed by atoms with Crippen LogP contribution in [0, 0.1) is 17.8 Å². The van der Waals surface area contributed by atoms with E-state index in [0.717, 1.165) is 17.0 Å². The fraction of sp³-hybridized carbons (Fsp3) is 0.730. The zero-order valence-electron chi connectivity index (χ0n) is 32.0. The number of carbonyl (C=O) groups excluding carboxylic acids is 4. The number of nitrogens with one attached hydrogen (secondary N) is 1. The number of β-lactam (4-membered cyclic amide) rings is 1. The van der Waals surface area contributed by atoms with Crippen LogP contribution in [0.25, 0.3) is 0 Å². The third kappa shape index (κ3) is 10.8. The molecular weight excluding hydrogens is 627 g/mol. The summed E-state index contributed by atoms with van der Waals surface area (Å²) in [5, 5.41) is 0.951. The van der Waals surface area contributed by atoms with Crippen molar-refractivity contribution >= 4 is 32.1 Å². The van der Waals surface area contributed by atoms with Crippen molar-refractivity contribution in [1.82, 2.24) is 15.0 Å². The van der Waals surface area contributed by atoms with E-state index in [1.807, 2.05) is 58.0 Å². The number of nitrogens with zero attached hydrogens (tertiary/aromatic N) is 2. The van der Waals surface area contributed by atoms with Crippen molar-refractivity contribution < 1.29 is 33.4 Å².